The molecule has 0 amide bonds. The Morgan fingerprint density at radius 3 is 2.00 bits per heavy atom. The molecule has 0 aliphatic carbocycles. The topological polar surface area (TPSA) is 17.1 Å². The lowest BCUT2D eigenvalue weighted by molar-refractivity contribution is -0.110. The lowest BCUT2D eigenvalue weighted by Gasteiger charge is -2.14. The standard InChI is InChI=1S/C15H12Cl2OS/c16-13(11-7-3-1-4-8-11)14(17)15(18)19-12-9-5-2-6-10-12/h1-10,13-14H/t13-,14+/m0/s1. The maximum Gasteiger partial charge on any atom is 0.213 e. The van der Waals surface area contributed by atoms with Gasteiger partial charge in [0.2, 0.25) is 5.12 Å². The van der Waals surface area contributed by atoms with E-state index < -0.39 is 10.8 Å². The quantitative estimate of drug-likeness (QED) is 0.590. The number of halogens is 2. The molecule has 1 nitrogen and oxygen atoms in total. The minimum atomic E-state index is -0.755. The molecule has 0 saturated heterocycles. The molecule has 0 unspecified atom stereocenters. The summed E-state index contributed by atoms with van der Waals surface area (Å²) in [6.45, 7) is 0. The summed E-state index contributed by atoms with van der Waals surface area (Å²) in [5.74, 6) is 0. The molecule has 0 aliphatic rings. The smallest absolute Gasteiger partial charge is 0.213 e. The predicted octanol–water partition coefficient (Wildman–Crippen LogP) is 4.89. The van der Waals surface area contributed by atoms with Gasteiger partial charge in [0, 0.05) is 4.90 Å². The van der Waals surface area contributed by atoms with Gasteiger partial charge >= 0.3 is 0 Å². The van der Waals surface area contributed by atoms with E-state index in [9.17, 15) is 4.79 Å². The van der Waals surface area contributed by atoms with E-state index in [1.807, 2.05) is 60.7 Å². The Labute approximate surface area is 126 Å². The van der Waals surface area contributed by atoms with Crippen LogP contribution in [-0.4, -0.2) is 10.5 Å². The summed E-state index contributed by atoms with van der Waals surface area (Å²) in [7, 11) is 0. The van der Waals surface area contributed by atoms with E-state index in [1.54, 1.807) is 0 Å². The third-order valence-electron chi connectivity index (χ3n) is 2.56. The molecule has 0 fully saturated rings. The average Bonchev–Trinajstić information content (AvgIpc) is 2.47. The summed E-state index contributed by atoms with van der Waals surface area (Å²) < 4.78 is 0. The zero-order valence-corrected chi connectivity index (χ0v) is 12.3. The molecule has 2 aromatic rings. The highest BCUT2D eigenvalue weighted by Crippen LogP contribution is 2.33. The molecule has 0 aliphatic heterocycles. The molecule has 4 heteroatoms. The van der Waals surface area contributed by atoms with Crippen LogP contribution in [0.1, 0.15) is 10.9 Å². The SMILES string of the molecule is O=C(Sc1ccccc1)[C@H](Cl)[C@@H](Cl)c1ccccc1. The average molecular weight is 311 g/mol. The molecule has 2 aromatic carbocycles. The molecule has 0 saturated carbocycles. The van der Waals surface area contributed by atoms with Crippen molar-refractivity contribution in [1.29, 1.82) is 0 Å². The van der Waals surface area contributed by atoms with Crippen molar-refractivity contribution in [2.24, 2.45) is 0 Å². The Hall–Kier alpha value is -0.960. The molecule has 0 spiro atoms. The van der Waals surface area contributed by atoms with Crippen LogP contribution < -0.4 is 0 Å². The van der Waals surface area contributed by atoms with Crippen LogP contribution in [0.15, 0.2) is 65.6 Å². The van der Waals surface area contributed by atoms with Crippen LogP contribution in [0.25, 0.3) is 0 Å². The van der Waals surface area contributed by atoms with Crippen molar-refractivity contribution >= 4 is 40.1 Å². The molecule has 98 valence electrons. The highest BCUT2D eigenvalue weighted by atomic mass is 35.5. The maximum atomic E-state index is 12.1. The molecule has 0 aromatic heterocycles. The number of thioether (sulfide) groups is 1. The number of hydrogen-bond acceptors (Lipinski definition) is 2. The third kappa shape index (κ3) is 4.00. The van der Waals surface area contributed by atoms with Crippen molar-refractivity contribution in [3.8, 4) is 0 Å². The highest BCUT2D eigenvalue weighted by molar-refractivity contribution is 8.14. The van der Waals surface area contributed by atoms with E-state index in [1.165, 1.54) is 0 Å². The first kappa shape index (κ1) is 14.4. The van der Waals surface area contributed by atoms with E-state index in [-0.39, 0.29) is 5.12 Å². The summed E-state index contributed by atoms with van der Waals surface area (Å²) in [5.41, 5.74) is 0.853. The predicted molar refractivity (Wildman–Crippen MR) is 82.0 cm³/mol. The summed E-state index contributed by atoms with van der Waals surface area (Å²) in [6, 6.07) is 18.8. The first-order valence-electron chi connectivity index (χ1n) is 5.78. The van der Waals surface area contributed by atoms with E-state index in [2.05, 4.69) is 0 Å². The molecule has 19 heavy (non-hydrogen) atoms. The van der Waals surface area contributed by atoms with Crippen molar-refractivity contribution in [2.75, 3.05) is 0 Å². The Balaban J connectivity index is 2.03. The summed E-state index contributed by atoms with van der Waals surface area (Å²) in [6.07, 6.45) is 0. The Bertz CT molecular complexity index is 530. The number of alkyl halides is 2. The van der Waals surface area contributed by atoms with Gasteiger partial charge in [0.05, 0.1) is 5.38 Å². The molecule has 2 atom stereocenters. The van der Waals surface area contributed by atoms with Crippen molar-refractivity contribution in [1.82, 2.24) is 0 Å². The van der Waals surface area contributed by atoms with Gasteiger partial charge in [-0.15, -0.1) is 23.2 Å². The molecule has 2 rings (SSSR count). The molecular formula is C15H12Cl2OS. The summed E-state index contributed by atoms with van der Waals surface area (Å²) in [4.78, 5) is 12.9. The second-order valence-corrected chi connectivity index (χ2v) is 5.97. The van der Waals surface area contributed by atoms with Gasteiger partial charge in [-0.25, -0.2) is 0 Å². The van der Waals surface area contributed by atoms with E-state index in [4.69, 9.17) is 23.2 Å². The highest BCUT2D eigenvalue weighted by Gasteiger charge is 2.26. The van der Waals surface area contributed by atoms with Gasteiger partial charge in [0.15, 0.2) is 0 Å². The molecule has 0 bridgehead atoms. The fourth-order valence-electron chi connectivity index (χ4n) is 1.59. The normalized spacial score (nSPS) is 13.8. The van der Waals surface area contributed by atoms with E-state index >= 15 is 0 Å². The fraction of sp³-hybridized carbons (Fsp3) is 0.133. The fourth-order valence-corrected chi connectivity index (χ4v) is 2.97. The van der Waals surface area contributed by atoms with Gasteiger partial charge in [-0.3, -0.25) is 4.79 Å². The van der Waals surface area contributed by atoms with Gasteiger partial charge in [-0.05, 0) is 17.7 Å². The van der Waals surface area contributed by atoms with Crippen LogP contribution in [0.3, 0.4) is 0 Å². The Kier molecular flexibility index (Phi) is 5.32. The zero-order valence-electron chi connectivity index (χ0n) is 10.0. The lowest BCUT2D eigenvalue weighted by atomic mass is 10.1. The number of carbonyl (C=O) groups is 1. The first-order chi connectivity index (χ1) is 9.18. The second-order valence-electron chi connectivity index (χ2n) is 3.95. The van der Waals surface area contributed by atoms with Crippen LogP contribution in [0.4, 0.5) is 0 Å². The van der Waals surface area contributed by atoms with Gasteiger partial charge < -0.3 is 0 Å². The Morgan fingerprint density at radius 2 is 1.42 bits per heavy atom. The summed E-state index contributed by atoms with van der Waals surface area (Å²) in [5, 5.41) is -1.42. The van der Waals surface area contributed by atoms with Crippen molar-refractivity contribution < 1.29 is 4.79 Å². The maximum absolute atomic E-state index is 12.1. The van der Waals surface area contributed by atoms with Crippen LogP contribution in [0, 0.1) is 0 Å². The van der Waals surface area contributed by atoms with Gasteiger partial charge in [0.25, 0.3) is 0 Å². The van der Waals surface area contributed by atoms with Crippen molar-refractivity contribution in [3.05, 3.63) is 66.2 Å². The van der Waals surface area contributed by atoms with E-state index in [0.717, 1.165) is 22.2 Å². The van der Waals surface area contributed by atoms with Gasteiger partial charge in [-0.2, -0.15) is 0 Å². The zero-order chi connectivity index (χ0) is 13.7. The molecule has 0 N–H and O–H groups in total. The number of rotatable bonds is 4. The first-order valence-corrected chi connectivity index (χ1v) is 7.47. The molecular weight excluding hydrogens is 299 g/mol. The van der Waals surface area contributed by atoms with Crippen LogP contribution in [0.5, 0.6) is 0 Å². The van der Waals surface area contributed by atoms with Crippen LogP contribution >= 0.6 is 35.0 Å². The van der Waals surface area contributed by atoms with Crippen molar-refractivity contribution in [3.63, 3.8) is 0 Å². The minimum Gasteiger partial charge on any atom is -0.285 e. The van der Waals surface area contributed by atoms with Gasteiger partial charge in [0.1, 0.15) is 5.38 Å². The number of carbonyl (C=O) groups excluding carboxylic acids is 1. The number of benzene rings is 2. The van der Waals surface area contributed by atoms with Crippen LogP contribution in [0.2, 0.25) is 0 Å². The minimum absolute atomic E-state index is 0.142. The van der Waals surface area contributed by atoms with E-state index in [0.29, 0.717) is 0 Å². The third-order valence-corrected chi connectivity index (χ3v) is 4.74. The molecule has 0 radical (unpaired) electrons. The Morgan fingerprint density at radius 1 is 0.895 bits per heavy atom. The van der Waals surface area contributed by atoms with Crippen LogP contribution in [-0.2, 0) is 4.79 Å². The number of hydrogen-bond donors (Lipinski definition) is 0. The monoisotopic (exact) mass is 310 g/mol. The van der Waals surface area contributed by atoms with Crippen molar-refractivity contribution in [2.45, 2.75) is 15.6 Å². The molecule has 0 heterocycles. The largest absolute Gasteiger partial charge is 0.285 e. The lowest BCUT2D eigenvalue weighted by Crippen LogP contribution is -2.16. The second kappa shape index (κ2) is 6.99. The van der Waals surface area contributed by atoms with Gasteiger partial charge in [-0.1, -0.05) is 60.3 Å². The summed E-state index contributed by atoms with van der Waals surface area (Å²) >= 11 is 13.5.